The first-order valence-corrected chi connectivity index (χ1v) is 11.6. The van der Waals surface area contributed by atoms with Gasteiger partial charge in [-0.1, -0.05) is 60.7 Å². The van der Waals surface area contributed by atoms with E-state index in [1.54, 1.807) is 7.11 Å². The molecule has 0 amide bonds. The highest BCUT2D eigenvalue weighted by molar-refractivity contribution is 7.14. The van der Waals surface area contributed by atoms with E-state index in [1.807, 2.05) is 90.3 Å². The van der Waals surface area contributed by atoms with Gasteiger partial charge in [-0.15, -0.1) is 11.3 Å². The number of methoxy groups -OCH3 is 1. The van der Waals surface area contributed by atoms with Crippen LogP contribution >= 0.6 is 11.3 Å². The quantitative estimate of drug-likeness (QED) is 0.171. The van der Waals surface area contributed by atoms with Crippen molar-refractivity contribution in [2.45, 2.75) is 12.3 Å². The van der Waals surface area contributed by atoms with Crippen LogP contribution in [-0.2, 0) is 4.74 Å². The number of rotatable bonds is 9. The standard InChI is InChI=1S/C26H23N5O2S/c1-32-20-14-12-19(13-15-20)30-31-23(22(27)18-10-6-3-7-11-18)24-25(33-24)29-26-28-21(16-34-26)17-8-4-2-5-9-17/h2-16,24-25,27,30H,1H3,(H,28,29)/b27-22?,31-23+. The van der Waals surface area contributed by atoms with E-state index in [2.05, 4.69) is 20.8 Å². The van der Waals surface area contributed by atoms with Crippen LogP contribution in [0, 0.1) is 5.41 Å². The van der Waals surface area contributed by atoms with Gasteiger partial charge in [-0.25, -0.2) is 4.98 Å². The molecule has 1 aromatic heterocycles. The summed E-state index contributed by atoms with van der Waals surface area (Å²) >= 11 is 1.52. The van der Waals surface area contributed by atoms with Gasteiger partial charge in [0, 0.05) is 16.5 Å². The monoisotopic (exact) mass is 469 g/mol. The number of epoxide rings is 1. The average Bonchev–Trinajstić information content (AvgIpc) is 3.48. The van der Waals surface area contributed by atoms with E-state index in [4.69, 9.17) is 14.9 Å². The van der Waals surface area contributed by atoms with Crippen molar-refractivity contribution < 1.29 is 9.47 Å². The van der Waals surface area contributed by atoms with Crippen molar-refractivity contribution in [3.8, 4) is 17.0 Å². The van der Waals surface area contributed by atoms with Gasteiger partial charge in [0.1, 0.15) is 11.5 Å². The van der Waals surface area contributed by atoms with Crippen molar-refractivity contribution in [2.75, 3.05) is 17.9 Å². The molecule has 170 valence electrons. The summed E-state index contributed by atoms with van der Waals surface area (Å²) in [6.45, 7) is 0. The van der Waals surface area contributed by atoms with Gasteiger partial charge >= 0.3 is 0 Å². The van der Waals surface area contributed by atoms with Crippen LogP contribution in [0.3, 0.4) is 0 Å². The molecular formula is C26H23N5O2S. The second-order valence-electron chi connectivity index (χ2n) is 7.60. The normalized spacial score (nSPS) is 17.1. The molecule has 1 aliphatic heterocycles. The summed E-state index contributed by atoms with van der Waals surface area (Å²) in [6.07, 6.45) is -0.683. The van der Waals surface area contributed by atoms with Gasteiger partial charge in [-0.05, 0) is 24.3 Å². The number of aromatic nitrogens is 1. The lowest BCUT2D eigenvalue weighted by atomic mass is 10.0. The fourth-order valence-electron chi connectivity index (χ4n) is 3.44. The first-order chi connectivity index (χ1) is 16.7. The minimum Gasteiger partial charge on any atom is -0.497 e. The van der Waals surface area contributed by atoms with Gasteiger partial charge in [-0.3, -0.25) is 10.8 Å². The molecule has 0 saturated carbocycles. The van der Waals surface area contributed by atoms with Crippen LogP contribution < -0.4 is 15.5 Å². The summed E-state index contributed by atoms with van der Waals surface area (Å²) in [5, 5.41) is 19.4. The highest BCUT2D eigenvalue weighted by Gasteiger charge is 2.45. The zero-order valence-electron chi connectivity index (χ0n) is 18.4. The van der Waals surface area contributed by atoms with Gasteiger partial charge in [0.25, 0.3) is 0 Å². The first-order valence-electron chi connectivity index (χ1n) is 10.8. The summed E-state index contributed by atoms with van der Waals surface area (Å²) in [4.78, 5) is 4.67. The molecule has 0 bridgehead atoms. The Morgan fingerprint density at radius 1 is 1.00 bits per heavy atom. The Morgan fingerprint density at radius 2 is 1.71 bits per heavy atom. The minimum atomic E-state index is -0.373. The zero-order valence-corrected chi connectivity index (χ0v) is 19.3. The number of anilines is 2. The third-order valence-corrected chi connectivity index (χ3v) is 6.09. The third-order valence-electron chi connectivity index (χ3n) is 5.31. The number of nitrogens with one attached hydrogen (secondary N) is 3. The van der Waals surface area contributed by atoms with Gasteiger partial charge in [0.2, 0.25) is 0 Å². The van der Waals surface area contributed by atoms with Crippen LogP contribution in [0.5, 0.6) is 5.75 Å². The van der Waals surface area contributed by atoms with E-state index in [0.29, 0.717) is 11.4 Å². The van der Waals surface area contributed by atoms with E-state index in [9.17, 15) is 0 Å². The minimum absolute atomic E-state index is 0.306. The van der Waals surface area contributed by atoms with Gasteiger partial charge in [-0.2, -0.15) is 5.10 Å². The average molecular weight is 470 g/mol. The van der Waals surface area contributed by atoms with Crippen molar-refractivity contribution in [3.05, 3.63) is 95.9 Å². The number of benzene rings is 3. The molecule has 34 heavy (non-hydrogen) atoms. The Morgan fingerprint density at radius 3 is 2.41 bits per heavy atom. The van der Waals surface area contributed by atoms with E-state index >= 15 is 0 Å². The van der Waals surface area contributed by atoms with Crippen molar-refractivity contribution in [1.29, 1.82) is 5.41 Å². The Labute approximate surface area is 201 Å². The maximum atomic E-state index is 8.76. The maximum Gasteiger partial charge on any atom is 0.185 e. The molecule has 5 rings (SSSR count). The maximum absolute atomic E-state index is 8.76. The molecule has 7 nitrogen and oxygen atoms in total. The highest BCUT2D eigenvalue weighted by atomic mass is 32.1. The van der Waals surface area contributed by atoms with Crippen LogP contribution in [0.4, 0.5) is 10.8 Å². The fourth-order valence-corrected chi connectivity index (χ4v) is 4.19. The third kappa shape index (κ3) is 4.98. The van der Waals surface area contributed by atoms with Gasteiger partial charge in [0.05, 0.1) is 24.2 Å². The summed E-state index contributed by atoms with van der Waals surface area (Å²) in [6, 6.07) is 27.0. The van der Waals surface area contributed by atoms with Crippen molar-refractivity contribution in [2.24, 2.45) is 5.10 Å². The number of hydrazone groups is 1. The molecule has 1 fully saturated rings. The molecule has 8 heteroatoms. The first kappa shape index (κ1) is 21.8. The molecule has 3 N–H and O–H groups in total. The lowest BCUT2D eigenvalue weighted by Gasteiger charge is -2.08. The Hall–Kier alpha value is -4.01. The molecule has 0 aliphatic carbocycles. The largest absolute Gasteiger partial charge is 0.497 e. The Kier molecular flexibility index (Phi) is 6.33. The molecule has 2 heterocycles. The topological polar surface area (TPSA) is 94.9 Å². The molecule has 2 unspecified atom stereocenters. The molecule has 0 spiro atoms. The number of thiazole rings is 1. The number of hydrogen-bond donors (Lipinski definition) is 3. The molecule has 3 aromatic carbocycles. The highest BCUT2D eigenvalue weighted by Crippen LogP contribution is 2.31. The number of ether oxygens (including phenoxy) is 2. The number of nitrogens with zero attached hydrogens (tertiary/aromatic N) is 2. The molecule has 4 aromatic rings. The SMILES string of the molecule is COc1ccc(N/N=C(\C(=N)c2ccccc2)C2OC2Nc2nc(-c3ccccc3)cs2)cc1. The zero-order chi connectivity index (χ0) is 23.3. The molecule has 1 saturated heterocycles. The van der Waals surface area contributed by atoms with Crippen LogP contribution in [0.2, 0.25) is 0 Å². The van der Waals surface area contributed by atoms with Crippen molar-refractivity contribution in [1.82, 2.24) is 4.98 Å². The van der Waals surface area contributed by atoms with Gasteiger partial charge in [0.15, 0.2) is 17.5 Å². The van der Waals surface area contributed by atoms with E-state index < -0.39 is 0 Å². The Bertz CT molecular complexity index is 1290. The van der Waals surface area contributed by atoms with Gasteiger partial charge < -0.3 is 14.8 Å². The lowest BCUT2D eigenvalue weighted by molar-refractivity contribution is 0.411. The smallest absolute Gasteiger partial charge is 0.185 e. The summed E-state index contributed by atoms with van der Waals surface area (Å²) in [5.41, 5.74) is 7.41. The van der Waals surface area contributed by atoms with E-state index in [-0.39, 0.29) is 12.3 Å². The molecule has 1 aliphatic rings. The fraction of sp³-hybridized carbons (Fsp3) is 0.115. The molecular weight excluding hydrogens is 446 g/mol. The predicted octanol–water partition coefficient (Wildman–Crippen LogP) is 5.49. The Balaban J connectivity index is 1.32. The van der Waals surface area contributed by atoms with E-state index in [0.717, 1.165) is 33.4 Å². The molecule has 2 atom stereocenters. The van der Waals surface area contributed by atoms with Crippen LogP contribution in [0.1, 0.15) is 5.56 Å². The number of hydrogen-bond acceptors (Lipinski definition) is 8. The second kappa shape index (κ2) is 9.86. The summed E-state index contributed by atoms with van der Waals surface area (Å²) in [7, 11) is 1.63. The lowest BCUT2D eigenvalue weighted by Crippen LogP contribution is -2.25. The van der Waals surface area contributed by atoms with Crippen molar-refractivity contribution >= 4 is 33.6 Å². The van der Waals surface area contributed by atoms with Crippen LogP contribution in [0.15, 0.2) is 95.4 Å². The van der Waals surface area contributed by atoms with Crippen LogP contribution in [-0.4, -0.2) is 35.8 Å². The van der Waals surface area contributed by atoms with Crippen LogP contribution in [0.25, 0.3) is 11.3 Å². The molecule has 0 radical (unpaired) electrons. The van der Waals surface area contributed by atoms with Crippen molar-refractivity contribution in [3.63, 3.8) is 0 Å². The second-order valence-corrected chi connectivity index (χ2v) is 8.46. The summed E-state index contributed by atoms with van der Waals surface area (Å²) in [5.74, 6) is 0.764. The predicted molar refractivity (Wildman–Crippen MR) is 137 cm³/mol. The summed E-state index contributed by atoms with van der Waals surface area (Å²) < 4.78 is 11.1. The van der Waals surface area contributed by atoms with E-state index in [1.165, 1.54) is 11.3 Å².